The lowest BCUT2D eigenvalue weighted by Gasteiger charge is -1.82. The summed E-state index contributed by atoms with van der Waals surface area (Å²) in [6.45, 7) is 8.19. The van der Waals surface area contributed by atoms with E-state index in [2.05, 4.69) is 43.5 Å². The molecule has 0 saturated heterocycles. The zero-order chi connectivity index (χ0) is 11.5. The van der Waals surface area contributed by atoms with Crippen LogP contribution in [-0.2, 0) is 0 Å². The molecule has 1 heterocycles. The predicted octanol–water partition coefficient (Wildman–Crippen LogP) is 5.08. The summed E-state index contributed by atoms with van der Waals surface area (Å²) >= 11 is 1.78. The number of rotatable bonds is 0. The Morgan fingerprint density at radius 3 is 1.60 bits per heavy atom. The van der Waals surface area contributed by atoms with Crippen molar-refractivity contribution in [1.29, 1.82) is 0 Å². The summed E-state index contributed by atoms with van der Waals surface area (Å²) in [6.07, 6.45) is 0. The summed E-state index contributed by atoms with van der Waals surface area (Å²) in [5, 5.41) is 2.08. The van der Waals surface area contributed by atoms with Gasteiger partial charge in [-0.25, -0.2) is 0 Å². The van der Waals surface area contributed by atoms with Crippen LogP contribution in [0.5, 0.6) is 0 Å². The highest BCUT2D eigenvalue weighted by molar-refractivity contribution is 7.09. The minimum atomic E-state index is 1.32. The number of benzene rings is 1. The van der Waals surface area contributed by atoms with Crippen molar-refractivity contribution >= 4 is 11.3 Å². The first kappa shape index (κ1) is 13.9. The van der Waals surface area contributed by atoms with Crippen molar-refractivity contribution in [2.24, 2.45) is 0 Å². The fourth-order valence-electron chi connectivity index (χ4n) is 0.895. The first-order valence-electron chi connectivity index (χ1n) is 5.31. The lowest BCUT2D eigenvalue weighted by atomic mass is 10.2. The molecule has 0 bridgehead atoms. The Morgan fingerprint density at radius 1 is 0.800 bits per heavy atom. The molecule has 0 amide bonds. The molecule has 15 heavy (non-hydrogen) atoms. The summed E-state index contributed by atoms with van der Waals surface area (Å²) < 4.78 is 0. The Kier molecular flexibility index (Phi) is 8.79. The molecule has 0 nitrogen and oxygen atoms in total. The topological polar surface area (TPSA) is 0 Å². The van der Waals surface area contributed by atoms with Gasteiger partial charge >= 0.3 is 0 Å². The Hall–Kier alpha value is -1.08. The van der Waals surface area contributed by atoms with Gasteiger partial charge < -0.3 is 0 Å². The van der Waals surface area contributed by atoms with Crippen molar-refractivity contribution in [3.63, 3.8) is 0 Å². The van der Waals surface area contributed by atoms with Gasteiger partial charge in [0.05, 0.1) is 0 Å². The summed E-state index contributed by atoms with van der Waals surface area (Å²) in [4.78, 5) is 1.38. The molecular formula is C14H20S. The van der Waals surface area contributed by atoms with Gasteiger partial charge in [0.15, 0.2) is 0 Å². The number of aryl methyl sites for hydroxylation is 2. The van der Waals surface area contributed by atoms with Gasteiger partial charge in [0.2, 0.25) is 0 Å². The summed E-state index contributed by atoms with van der Waals surface area (Å²) in [7, 11) is 0. The second kappa shape index (κ2) is 9.47. The fraction of sp³-hybridized carbons (Fsp3) is 0.286. The first-order valence-corrected chi connectivity index (χ1v) is 6.19. The van der Waals surface area contributed by atoms with Crippen LogP contribution >= 0.6 is 11.3 Å². The van der Waals surface area contributed by atoms with Gasteiger partial charge in [-0.3, -0.25) is 0 Å². The average Bonchev–Trinajstić information content (AvgIpc) is 2.74. The zero-order valence-electron chi connectivity index (χ0n) is 10.0. The molecule has 0 atom stereocenters. The van der Waals surface area contributed by atoms with Crippen molar-refractivity contribution in [1.82, 2.24) is 0 Å². The lowest BCUT2D eigenvalue weighted by Crippen LogP contribution is -1.62. The highest BCUT2D eigenvalue weighted by atomic mass is 32.1. The second-order valence-corrected chi connectivity index (χ2v) is 4.03. The maximum absolute atomic E-state index is 2.10. The van der Waals surface area contributed by atoms with Crippen LogP contribution in [0.1, 0.15) is 24.3 Å². The van der Waals surface area contributed by atoms with Gasteiger partial charge in [0.1, 0.15) is 0 Å². The quantitative estimate of drug-likeness (QED) is 0.581. The largest absolute Gasteiger partial charge is 0.149 e. The van der Waals surface area contributed by atoms with Crippen LogP contribution in [0.3, 0.4) is 0 Å². The maximum atomic E-state index is 2.10. The molecule has 0 N–H and O–H groups in total. The fourth-order valence-corrected chi connectivity index (χ4v) is 1.42. The van der Waals surface area contributed by atoms with Crippen molar-refractivity contribution in [3.8, 4) is 0 Å². The molecule has 0 spiro atoms. The van der Waals surface area contributed by atoms with E-state index in [-0.39, 0.29) is 0 Å². The summed E-state index contributed by atoms with van der Waals surface area (Å²) in [5.74, 6) is 0. The van der Waals surface area contributed by atoms with Gasteiger partial charge in [-0.2, -0.15) is 0 Å². The van der Waals surface area contributed by atoms with E-state index in [1.165, 1.54) is 10.4 Å². The standard InChI is InChI=1S/C7H8.C5H6S.C2H6/c1-7-5-3-2-4-6-7;1-5-3-2-4-6-5;1-2/h2-6H,1H3;2-4H,1H3;1-2H3. The molecule has 1 aromatic heterocycles. The molecule has 1 heteroatoms. The van der Waals surface area contributed by atoms with Crippen LogP contribution in [0.2, 0.25) is 0 Å². The maximum Gasteiger partial charge on any atom is 0.00141 e. The third-order valence-corrected chi connectivity index (χ3v) is 2.40. The van der Waals surface area contributed by atoms with E-state index < -0.39 is 0 Å². The molecule has 0 aliphatic rings. The molecule has 0 fully saturated rings. The Bertz CT molecular complexity index is 308. The Morgan fingerprint density at radius 2 is 1.40 bits per heavy atom. The average molecular weight is 220 g/mol. The normalized spacial score (nSPS) is 8.00. The molecule has 0 aliphatic heterocycles. The van der Waals surface area contributed by atoms with Crippen LogP contribution < -0.4 is 0 Å². The van der Waals surface area contributed by atoms with E-state index >= 15 is 0 Å². The van der Waals surface area contributed by atoms with E-state index in [9.17, 15) is 0 Å². The molecule has 2 aromatic rings. The highest BCUT2D eigenvalue weighted by Gasteiger charge is 1.74. The van der Waals surface area contributed by atoms with E-state index in [0.717, 1.165) is 0 Å². The minimum absolute atomic E-state index is 1.32. The van der Waals surface area contributed by atoms with Gasteiger partial charge in [0.25, 0.3) is 0 Å². The van der Waals surface area contributed by atoms with Crippen molar-refractivity contribution in [2.75, 3.05) is 0 Å². The monoisotopic (exact) mass is 220 g/mol. The van der Waals surface area contributed by atoms with Gasteiger partial charge in [-0.1, -0.05) is 55.8 Å². The Labute approximate surface area is 97.6 Å². The molecule has 0 unspecified atom stereocenters. The van der Waals surface area contributed by atoms with Crippen molar-refractivity contribution in [3.05, 3.63) is 58.3 Å². The van der Waals surface area contributed by atoms with Gasteiger partial charge in [0, 0.05) is 4.88 Å². The SMILES string of the molecule is CC.Cc1ccccc1.Cc1cccs1. The number of hydrogen-bond donors (Lipinski definition) is 0. The first-order chi connectivity index (χ1) is 7.29. The summed E-state index contributed by atoms with van der Waals surface area (Å²) in [5.41, 5.74) is 1.32. The van der Waals surface area contributed by atoms with E-state index in [1.54, 1.807) is 11.3 Å². The molecular weight excluding hydrogens is 200 g/mol. The van der Waals surface area contributed by atoms with E-state index in [4.69, 9.17) is 0 Å². The summed E-state index contributed by atoms with van der Waals surface area (Å²) in [6, 6.07) is 14.4. The van der Waals surface area contributed by atoms with Gasteiger partial charge in [-0.05, 0) is 25.3 Å². The molecule has 0 aliphatic carbocycles. The van der Waals surface area contributed by atoms with Crippen LogP contribution in [0.25, 0.3) is 0 Å². The highest BCUT2D eigenvalue weighted by Crippen LogP contribution is 2.03. The molecule has 1 aromatic carbocycles. The molecule has 2 rings (SSSR count). The predicted molar refractivity (Wildman–Crippen MR) is 71.6 cm³/mol. The third kappa shape index (κ3) is 7.95. The van der Waals surface area contributed by atoms with Crippen LogP contribution in [0.15, 0.2) is 47.8 Å². The van der Waals surface area contributed by atoms with Crippen LogP contribution in [-0.4, -0.2) is 0 Å². The number of thiophene rings is 1. The van der Waals surface area contributed by atoms with Crippen molar-refractivity contribution in [2.45, 2.75) is 27.7 Å². The van der Waals surface area contributed by atoms with Crippen molar-refractivity contribution < 1.29 is 0 Å². The molecule has 82 valence electrons. The lowest BCUT2D eigenvalue weighted by molar-refractivity contribution is 1.48. The molecule has 0 radical (unpaired) electrons. The van der Waals surface area contributed by atoms with E-state index in [0.29, 0.717) is 0 Å². The van der Waals surface area contributed by atoms with Gasteiger partial charge in [-0.15, -0.1) is 11.3 Å². The van der Waals surface area contributed by atoms with E-state index in [1.807, 2.05) is 32.0 Å². The zero-order valence-corrected chi connectivity index (χ0v) is 10.8. The smallest absolute Gasteiger partial charge is 0.00141 e. The van der Waals surface area contributed by atoms with Crippen LogP contribution in [0, 0.1) is 13.8 Å². The third-order valence-electron chi connectivity index (χ3n) is 1.60. The second-order valence-electron chi connectivity index (χ2n) is 2.88. The van der Waals surface area contributed by atoms with Crippen LogP contribution in [0.4, 0.5) is 0 Å². The number of hydrogen-bond acceptors (Lipinski definition) is 1. The minimum Gasteiger partial charge on any atom is -0.149 e. The molecule has 0 saturated carbocycles. The Balaban J connectivity index is 0.000000227.